The van der Waals surface area contributed by atoms with Gasteiger partial charge in [-0.1, -0.05) is 48.2 Å². The van der Waals surface area contributed by atoms with Gasteiger partial charge in [-0.05, 0) is 31.5 Å². The monoisotopic (exact) mass is 395 g/mol. The van der Waals surface area contributed by atoms with E-state index in [-0.39, 0.29) is 11.9 Å². The van der Waals surface area contributed by atoms with Crippen LogP contribution in [-0.2, 0) is 11.3 Å². The Balaban J connectivity index is 1.69. The summed E-state index contributed by atoms with van der Waals surface area (Å²) in [5, 5.41) is 0.782. The Morgan fingerprint density at radius 2 is 1.96 bits per heavy atom. The van der Waals surface area contributed by atoms with Crippen LogP contribution < -0.4 is 4.74 Å². The van der Waals surface area contributed by atoms with Gasteiger partial charge in [0.15, 0.2) is 5.16 Å². The lowest BCUT2D eigenvalue weighted by molar-refractivity contribution is -0.130. The van der Waals surface area contributed by atoms with Crippen LogP contribution in [-0.4, -0.2) is 39.3 Å². The van der Waals surface area contributed by atoms with Gasteiger partial charge in [-0.2, -0.15) is 0 Å². The van der Waals surface area contributed by atoms with Crippen LogP contribution in [0, 0.1) is 0 Å². The first-order chi connectivity index (χ1) is 13.6. The smallest absolute Gasteiger partial charge is 0.233 e. The standard InChI is InChI=1S/C22H25N3O2S/c1-17(2)25(15-18-8-5-4-6-9-18)21(26)16-28-22-23-12-13-24(22)19-10-7-11-20(14-19)27-3/h4-14,17H,15-16H2,1-3H3. The highest BCUT2D eigenvalue weighted by Gasteiger charge is 2.18. The number of nitrogens with zero attached hydrogens (tertiary/aromatic N) is 3. The van der Waals surface area contributed by atoms with Gasteiger partial charge in [-0.3, -0.25) is 9.36 Å². The van der Waals surface area contributed by atoms with Crippen LogP contribution in [0.5, 0.6) is 5.75 Å². The van der Waals surface area contributed by atoms with E-state index in [1.165, 1.54) is 11.8 Å². The van der Waals surface area contributed by atoms with E-state index >= 15 is 0 Å². The molecule has 0 fully saturated rings. The van der Waals surface area contributed by atoms with Crippen LogP contribution in [0.2, 0.25) is 0 Å². The van der Waals surface area contributed by atoms with Crippen molar-refractivity contribution in [2.75, 3.05) is 12.9 Å². The number of ether oxygens (including phenoxy) is 1. The molecular weight excluding hydrogens is 370 g/mol. The molecule has 0 aliphatic heterocycles. The quantitative estimate of drug-likeness (QED) is 0.530. The van der Waals surface area contributed by atoms with E-state index in [1.807, 2.05) is 84.1 Å². The van der Waals surface area contributed by atoms with E-state index in [1.54, 1.807) is 13.3 Å². The molecule has 0 aliphatic rings. The summed E-state index contributed by atoms with van der Waals surface area (Å²) in [7, 11) is 1.65. The maximum Gasteiger partial charge on any atom is 0.233 e. The summed E-state index contributed by atoms with van der Waals surface area (Å²) >= 11 is 1.45. The molecule has 1 heterocycles. The first-order valence-electron chi connectivity index (χ1n) is 9.22. The molecule has 0 bridgehead atoms. The minimum atomic E-state index is 0.101. The van der Waals surface area contributed by atoms with E-state index in [0.29, 0.717) is 12.3 Å². The van der Waals surface area contributed by atoms with Gasteiger partial charge in [0.25, 0.3) is 0 Å². The minimum Gasteiger partial charge on any atom is -0.497 e. The van der Waals surface area contributed by atoms with E-state index in [4.69, 9.17) is 4.74 Å². The number of carbonyl (C=O) groups excluding carboxylic acids is 1. The van der Waals surface area contributed by atoms with Gasteiger partial charge in [0, 0.05) is 31.0 Å². The van der Waals surface area contributed by atoms with Crippen LogP contribution in [0.25, 0.3) is 5.69 Å². The molecular formula is C22H25N3O2S. The fraction of sp³-hybridized carbons (Fsp3) is 0.273. The van der Waals surface area contributed by atoms with E-state index in [9.17, 15) is 4.79 Å². The van der Waals surface area contributed by atoms with Crippen molar-refractivity contribution in [2.24, 2.45) is 0 Å². The minimum absolute atomic E-state index is 0.101. The van der Waals surface area contributed by atoms with Gasteiger partial charge < -0.3 is 9.64 Å². The molecule has 28 heavy (non-hydrogen) atoms. The summed E-state index contributed by atoms with van der Waals surface area (Å²) in [5.74, 6) is 1.22. The second kappa shape index (κ2) is 9.46. The largest absolute Gasteiger partial charge is 0.497 e. The van der Waals surface area contributed by atoms with Crippen LogP contribution in [0.15, 0.2) is 72.1 Å². The van der Waals surface area contributed by atoms with Crippen LogP contribution >= 0.6 is 11.8 Å². The SMILES string of the molecule is COc1cccc(-n2ccnc2SCC(=O)N(Cc2ccccc2)C(C)C)c1. The van der Waals surface area contributed by atoms with Crippen molar-refractivity contribution in [3.05, 3.63) is 72.6 Å². The van der Waals surface area contributed by atoms with Gasteiger partial charge in [0.2, 0.25) is 5.91 Å². The molecule has 146 valence electrons. The lowest BCUT2D eigenvalue weighted by Crippen LogP contribution is -2.37. The first kappa shape index (κ1) is 20.0. The number of rotatable bonds is 8. The molecule has 0 N–H and O–H groups in total. The number of thioether (sulfide) groups is 1. The van der Waals surface area contributed by atoms with Crippen molar-refractivity contribution in [1.82, 2.24) is 14.5 Å². The number of methoxy groups -OCH3 is 1. The van der Waals surface area contributed by atoms with Crippen molar-refractivity contribution >= 4 is 17.7 Å². The number of aromatic nitrogens is 2. The molecule has 0 atom stereocenters. The molecule has 0 saturated heterocycles. The van der Waals surface area contributed by atoms with Crippen LogP contribution in [0.4, 0.5) is 0 Å². The molecule has 1 amide bonds. The molecule has 0 aliphatic carbocycles. The van der Waals surface area contributed by atoms with E-state index in [2.05, 4.69) is 4.98 Å². The highest BCUT2D eigenvalue weighted by molar-refractivity contribution is 7.99. The lowest BCUT2D eigenvalue weighted by atomic mass is 10.2. The predicted octanol–water partition coefficient (Wildman–Crippen LogP) is 4.41. The van der Waals surface area contributed by atoms with Crippen molar-refractivity contribution in [3.8, 4) is 11.4 Å². The van der Waals surface area contributed by atoms with Gasteiger partial charge in [-0.15, -0.1) is 0 Å². The average Bonchev–Trinajstić information content (AvgIpc) is 3.19. The van der Waals surface area contributed by atoms with Gasteiger partial charge in [-0.25, -0.2) is 4.98 Å². The van der Waals surface area contributed by atoms with Gasteiger partial charge >= 0.3 is 0 Å². The number of benzene rings is 2. The predicted molar refractivity (Wildman–Crippen MR) is 113 cm³/mol. The molecule has 1 aromatic heterocycles. The highest BCUT2D eigenvalue weighted by Crippen LogP contribution is 2.24. The Labute approximate surface area is 170 Å². The second-order valence-electron chi connectivity index (χ2n) is 6.67. The summed E-state index contributed by atoms with van der Waals surface area (Å²) in [6.45, 7) is 4.70. The number of amides is 1. The Morgan fingerprint density at radius 3 is 2.68 bits per heavy atom. The molecule has 6 heteroatoms. The van der Waals surface area contributed by atoms with E-state index < -0.39 is 0 Å². The molecule has 5 nitrogen and oxygen atoms in total. The topological polar surface area (TPSA) is 47.4 Å². The lowest BCUT2D eigenvalue weighted by Gasteiger charge is -2.27. The maximum absolute atomic E-state index is 12.9. The number of hydrogen-bond acceptors (Lipinski definition) is 4. The van der Waals surface area contributed by atoms with Gasteiger partial charge in [0.1, 0.15) is 5.75 Å². The molecule has 0 unspecified atom stereocenters. The van der Waals surface area contributed by atoms with Crippen molar-refractivity contribution in [3.63, 3.8) is 0 Å². The highest BCUT2D eigenvalue weighted by atomic mass is 32.2. The summed E-state index contributed by atoms with van der Waals surface area (Å²) < 4.78 is 7.27. The summed E-state index contributed by atoms with van der Waals surface area (Å²) in [6, 6.07) is 18.0. The maximum atomic E-state index is 12.9. The molecule has 0 saturated carbocycles. The average molecular weight is 396 g/mol. The molecule has 3 rings (SSSR count). The zero-order valence-electron chi connectivity index (χ0n) is 16.4. The number of hydrogen-bond donors (Lipinski definition) is 0. The van der Waals surface area contributed by atoms with Crippen molar-refractivity contribution in [2.45, 2.75) is 31.6 Å². The molecule has 2 aromatic carbocycles. The third kappa shape index (κ3) is 4.95. The molecule has 0 radical (unpaired) electrons. The normalized spacial score (nSPS) is 10.9. The summed E-state index contributed by atoms with van der Waals surface area (Å²) in [4.78, 5) is 19.2. The Kier molecular flexibility index (Phi) is 6.76. The van der Waals surface area contributed by atoms with E-state index in [0.717, 1.165) is 22.2 Å². The Hall–Kier alpha value is -2.73. The number of imidazole rings is 1. The van der Waals surface area contributed by atoms with Crippen LogP contribution in [0.1, 0.15) is 19.4 Å². The third-order valence-electron chi connectivity index (χ3n) is 4.40. The summed E-state index contributed by atoms with van der Waals surface area (Å²) in [6.07, 6.45) is 3.64. The Morgan fingerprint density at radius 1 is 1.18 bits per heavy atom. The molecule has 3 aromatic rings. The fourth-order valence-electron chi connectivity index (χ4n) is 2.90. The van der Waals surface area contributed by atoms with Crippen molar-refractivity contribution < 1.29 is 9.53 Å². The molecule has 0 spiro atoms. The zero-order valence-corrected chi connectivity index (χ0v) is 17.2. The second-order valence-corrected chi connectivity index (χ2v) is 7.61. The van der Waals surface area contributed by atoms with Gasteiger partial charge in [0.05, 0.1) is 18.6 Å². The van der Waals surface area contributed by atoms with Crippen molar-refractivity contribution in [1.29, 1.82) is 0 Å². The first-order valence-corrected chi connectivity index (χ1v) is 10.2. The third-order valence-corrected chi connectivity index (χ3v) is 5.35. The Bertz CT molecular complexity index is 909. The number of carbonyl (C=O) groups is 1. The summed E-state index contributed by atoms with van der Waals surface area (Å²) in [5.41, 5.74) is 2.09. The fourth-order valence-corrected chi connectivity index (χ4v) is 3.76. The zero-order chi connectivity index (χ0) is 19.9. The van der Waals surface area contributed by atoms with Crippen LogP contribution in [0.3, 0.4) is 0 Å².